The van der Waals surface area contributed by atoms with Crippen molar-refractivity contribution in [2.24, 2.45) is 4.99 Å². The number of fused-ring (bicyclic) bond motifs is 3. The van der Waals surface area contributed by atoms with Gasteiger partial charge in [-0.25, -0.2) is 9.89 Å². The van der Waals surface area contributed by atoms with Gasteiger partial charge in [0.1, 0.15) is 5.75 Å². The molecule has 0 aliphatic carbocycles. The molecule has 178 valence electrons. The number of benzene rings is 3. The fraction of sp³-hybridized carbons (Fsp3) is 0.250. The first-order valence-corrected chi connectivity index (χ1v) is 11.6. The first-order valence-electron chi connectivity index (χ1n) is 11.6. The van der Waals surface area contributed by atoms with E-state index in [0.717, 1.165) is 11.1 Å². The molecule has 0 saturated heterocycles. The van der Waals surface area contributed by atoms with Crippen molar-refractivity contribution in [2.75, 3.05) is 18.1 Å². The van der Waals surface area contributed by atoms with E-state index in [1.165, 1.54) is 11.8 Å². The molecule has 0 bridgehead atoms. The molecule has 1 N–H and O–H groups in total. The van der Waals surface area contributed by atoms with Gasteiger partial charge in [0.05, 0.1) is 12.3 Å². The van der Waals surface area contributed by atoms with E-state index < -0.39 is 17.6 Å². The van der Waals surface area contributed by atoms with Crippen LogP contribution in [0.1, 0.15) is 36.1 Å². The van der Waals surface area contributed by atoms with Gasteiger partial charge in [-0.2, -0.15) is 0 Å². The molecular weight excluding hydrogens is 444 g/mol. The summed E-state index contributed by atoms with van der Waals surface area (Å²) in [4.78, 5) is 32.8. The van der Waals surface area contributed by atoms with Crippen LogP contribution in [0.2, 0.25) is 0 Å². The van der Waals surface area contributed by atoms with E-state index in [0.29, 0.717) is 42.3 Å². The van der Waals surface area contributed by atoms with Gasteiger partial charge >= 0.3 is 0 Å². The van der Waals surface area contributed by atoms with Gasteiger partial charge in [-0.15, -0.1) is 0 Å². The summed E-state index contributed by atoms with van der Waals surface area (Å²) in [6.45, 7) is 1.88. The lowest BCUT2D eigenvalue weighted by Crippen LogP contribution is -2.56. The summed E-state index contributed by atoms with van der Waals surface area (Å²) < 4.78 is 12.0. The predicted molar refractivity (Wildman–Crippen MR) is 131 cm³/mol. The van der Waals surface area contributed by atoms with Crippen LogP contribution in [-0.2, 0) is 20.7 Å². The molecule has 2 aliphatic heterocycles. The summed E-state index contributed by atoms with van der Waals surface area (Å²) in [7, 11) is 0. The Hall–Kier alpha value is -3.97. The minimum atomic E-state index is -1.31. The third-order valence-electron chi connectivity index (χ3n) is 6.30. The number of nitrogens with zero attached hydrogens (tertiary/aromatic N) is 2. The average Bonchev–Trinajstić information content (AvgIpc) is 3.26. The monoisotopic (exact) mass is 470 g/mol. The lowest BCUT2D eigenvalue weighted by atomic mass is 9.78. The maximum absolute atomic E-state index is 14.0. The highest BCUT2D eigenvalue weighted by molar-refractivity contribution is 6.21. The van der Waals surface area contributed by atoms with Crippen molar-refractivity contribution in [2.45, 2.75) is 31.4 Å². The number of hydrogen-bond donors (Lipinski definition) is 1. The number of amides is 2. The highest BCUT2D eigenvalue weighted by atomic mass is 16.5. The van der Waals surface area contributed by atoms with Gasteiger partial charge in [-0.1, -0.05) is 48.5 Å². The van der Waals surface area contributed by atoms with Crippen LogP contribution in [-0.4, -0.2) is 41.6 Å². The fourth-order valence-corrected chi connectivity index (χ4v) is 4.68. The number of hydrogen-bond acceptors (Lipinski definition) is 6. The molecule has 2 amide bonds. The second kappa shape index (κ2) is 9.35. The van der Waals surface area contributed by atoms with Gasteiger partial charge < -0.3 is 14.6 Å². The number of carbonyl (C=O) groups excluding carboxylic acids is 2. The first-order chi connectivity index (χ1) is 17.0. The number of ether oxygens (including phenoxy) is 2. The van der Waals surface area contributed by atoms with E-state index in [9.17, 15) is 9.59 Å². The Morgan fingerprint density at radius 2 is 1.77 bits per heavy atom. The minimum Gasteiger partial charge on any atom is -0.494 e. The van der Waals surface area contributed by atoms with Crippen LogP contribution in [0, 0.1) is 0 Å². The van der Waals surface area contributed by atoms with Crippen LogP contribution in [0.25, 0.3) is 0 Å². The number of imide groups is 1. The quantitative estimate of drug-likeness (QED) is 0.530. The van der Waals surface area contributed by atoms with E-state index in [1.54, 1.807) is 12.1 Å². The molecule has 2 aliphatic rings. The number of carbonyl (C=O) groups is 2. The molecule has 0 unspecified atom stereocenters. The van der Waals surface area contributed by atoms with Crippen molar-refractivity contribution in [3.05, 3.63) is 95.6 Å². The molecule has 0 saturated carbocycles. The predicted octanol–water partition coefficient (Wildman–Crippen LogP) is 3.84. The van der Waals surface area contributed by atoms with Crippen LogP contribution in [0.5, 0.6) is 5.75 Å². The topological polar surface area (TPSA) is 88.4 Å². The Morgan fingerprint density at radius 1 is 1.06 bits per heavy atom. The van der Waals surface area contributed by atoms with Crippen LogP contribution in [0.3, 0.4) is 0 Å². The Balaban J connectivity index is 1.58. The molecule has 0 spiro atoms. The smallest absolute Gasteiger partial charge is 0.266 e. The van der Waals surface area contributed by atoms with E-state index in [4.69, 9.17) is 19.6 Å². The fourth-order valence-electron chi connectivity index (χ4n) is 4.68. The SMILES string of the molecule is CC(=O)N1C(=O)[C@@]2(Cc3ccccc3)N=C(c3ccc(OCCCO)cc3)O[C@H]2c2ccccc21. The van der Waals surface area contributed by atoms with Crippen molar-refractivity contribution in [1.82, 2.24) is 0 Å². The van der Waals surface area contributed by atoms with Crippen molar-refractivity contribution < 1.29 is 24.2 Å². The van der Waals surface area contributed by atoms with E-state index >= 15 is 0 Å². The molecule has 3 aromatic rings. The van der Waals surface area contributed by atoms with Crippen molar-refractivity contribution >= 4 is 23.4 Å². The maximum Gasteiger partial charge on any atom is 0.266 e. The maximum atomic E-state index is 14.0. The number of aliphatic imine (C=N–C) groups is 1. The molecule has 7 heteroatoms. The summed E-state index contributed by atoms with van der Waals surface area (Å²) >= 11 is 0. The second-order valence-electron chi connectivity index (χ2n) is 8.67. The Morgan fingerprint density at radius 3 is 2.49 bits per heavy atom. The molecule has 3 aromatic carbocycles. The minimum absolute atomic E-state index is 0.0698. The van der Waals surface area contributed by atoms with Crippen LogP contribution < -0.4 is 9.64 Å². The normalized spacial score (nSPS) is 20.5. The third-order valence-corrected chi connectivity index (χ3v) is 6.30. The third kappa shape index (κ3) is 4.08. The number of anilines is 1. The molecule has 2 atom stereocenters. The zero-order chi connectivity index (χ0) is 24.4. The van der Waals surface area contributed by atoms with Crippen LogP contribution in [0.4, 0.5) is 5.69 Å². The molecule has 0 fully saturated rings. The average molecular weight is 471 g/mol. The molecular formula is C28H26N2O5. The molecule has 35 heavy (non-hydrogen) atoms. The molecule has 7 nitrogen and oxygen atoms in total. The second-order valence-corrected chi connectivity index (χ2v) is 8.67. The van der Waals surface area contributed by atoms with Crippen molar-refractivity contribution in [3.63, 3.8) is 0 Å². The Bertz CT molecular complexity index is 1270. The highest BCUT2D eigenvalue weighted by Crippen LogP contribution is 2.50. The van der Waals surface area contributed by atoms with Gasteiger partial charge in [0.15, 0.2) is 11.6 Å². The van der Waals surface area contributed by atoms with E-state index in [2.05, 4.69) is 0 Å². The summed E-state index contributed by atoms with van der Waals surface area (Å²) in [6, 6.07) is 24.3. The lowest BCUT2D eigenvalue weighted by Gasteiger charge is -2.40. The Kier molecular flexibility index (Phi) is 6.09. The zero-order valence-electron chi connectivity index (χ0n) is 19.4. The van der Waals surface area contributed by atoms with Gasteiger partial charge in [0.2, 0.25) is 11.8 Å². The summed E-state index contributed by atoms with van der Waals surface area (Å²) in [5.74, 6) is 0.265. The summed E-state index contributed by atoms with van der Waals surface area (Å²) in [5, 5.41) is 8.94. The van der Waals surface area contributed by atoms with Crippen molar-refractivity contribution in [1.29, 1.82) is 0 Å². The van der Waals surface area contributed by atoms with Gasteiger partial charge in [-0.05, 0) is 35.9 Å². The van der Waals surface area contributed by atoms with Crippen molar-refractivity contribution in [3.8, 4) is 5.75 Å². The van der Waals surface area contributed by atoms with Gasteiger partial charge in [0, 0.05) is 37.5 Å². The highest BCUT2D eigenvalue weighted by Gasteiger charge is 2.59. The van der Waals surface area contributed by atoms with E-state index in [1.807, 2.05) is 66.7 Å². The molecule has 5 rings (SSSR count). The summed E-state index contributed by atoms with van der Waals surface area (Å²) in [6.07, 6.45) is 0.175. The largest absolute Gasteiger partial charge is 0.494 e. The van der Waals surface area contributed by atoms with Gasteiger partial charge in [-0.3, -0.25) is 9.59 Å². The molecule has 0 radical (unpaired) electrons. The number of rotatable bonds is 7. The Labute approximate surface area is 203 Å². The van der Waals surface area contributed by atoms with E-state index in [-0.39, 0.29) is 12.5 Å². The molecule has 2 heterocycles. The summed E-state index contributed by atoms with van der Waals surface area (Å²) in [5.41, 5.74) is 1.60. The van der Waals surface area contributed by atoms with Crippen LogP contribution in [0.15, 0.2) is 83.9 Å². The lowest BCUT2D eigenvalue weighted by molar-refractivity contribution is -0.131. The first kappa shape index (κ1) is 22.8. The van der Waals surface area contributed by atoms with Gasteiger partial charge in [0.25, 0.3) is 5.91 Å². The zero-order valence-corrected chi connectivity index (χ0v) is 19.4. The standard InChI is InChI=1S/C28H26N2O5/c1-19(32)30-24-11-6-5-10-23(24)25-28(27(30)33,18-20-8-3-2-4-9-20)29-26(35-25)21-12-14-22(15-13-21)34-17-7-16-31/h2-6,8-15,25,31H,7,16-18H2,1H3/t25-,28-/m0/s1. The number of para-hydroxylation sites is 1. The van der Waals surface area contributed by atoms with Crippen LogP contribution >= 0.6 is 0 Å². The number of aliphatic hydroxyl groups excluding tert-OH is 1. The number of aliphatic hydroxyl groups is 1. The molecule has 0 aromatic heterocycles.